The van der Waals surface area contributed by atoms with Crippen molar-refractivity contribution in [2.75, 3.05) is 13.1 Å². The lowest BCUT2D eigenvalue weighted by Gasteiger charge is -2.19. The van der Waals surface area contributed by atoms with E-state index in [1.165, 1.54) is 0 Å². The monoisotopic (exact) mass is 401 g/mol. The molecule has 0 aliphatic carbocycles. The fourth-order valence-corrected chi connectivity index (χ4v) is 3.58. The first-order valence-electron chi connectivity index (χ1n) is 9.97. The lowest BCUT2D eigenvalue weighted by atomic mass is 10.2. The van der Waals surface area contributed by atoms with Crippen molar-refractivity contribution in [3.63, 3.8) is 0 Å². The average Bonchev–Trinajstić information content (AvgIpc) is 3.16. The molecule has 1 aliphatic heterocycles. The number of carbonyl (C=O) groups excluding carboxylic acids is 2. The van der Waals surface area contributed by atoms with Crippen molar-refractivity contribution in [1.82, 2.24) is 4.90 Å². The molecule has 0 spiro atoms. The Morgan fingerprint density at radius 3 is 1.50 bits per heavy atom. The number of likely N-dealkylation sites (tertiary alicyclic amines) is 1. The highest BCUT2D eigenvalue weighted by atomic mass is 16.6. The van der Waals surface area contributed by atoms with Gasteiger partial charge in [-0.05, 0) is 29.8 Å². The molecule has 152 valence electrons. The summed E-state index contributed by atoms with van der Waals surface area (Å²) in [6.07, 6.45) is -1.07. The van der Waals surface area contributed by atoms with E-state index in [-0.39, 0.29) is 0 Å². The van der Waals surface area contributed by atoms with Crippen LogP contribution in [0.15, 0.2) is 91.0 Å². The van der Waals surface area contributed by atoms with Gasteiger partial charge in [0.25, 0.3) is 0 Å². The van der Waals surface area contributed by atoms with Crippen LogP contribution in [-0.4, -0.2) is 42.1 Å². The number of esters is 2. The van der Waals surface area contributed by atoms with Gasteiger partial charge >= 0.3 is 11.9 Å². The number of hydrogen-bond donors (Lipinski definition) is 0. The fourth-order valence-electron chi connectivity index (χ4n) is 3.58. The Hall–Kier alpha value is -3.44. The third-order valence-electron chi connectivity index (χ3n) is 5.08. The molecule has 0 N–H and O–H groups in total. The van der Waals surface area contributed by atoms with Crippen LogP contribution in [0, 0.1) is 0 Å². The van der Waals surface area contributed by atoms with Crippen LogP contribution in [0.25, 0.3) is 0 Å². The van der Waals surface area contributed by atoms with Gasteiger partial charge in [-0.15, -0.1) is 0 Å². The minimum atomic E-state index is -0.533. The fraction of sp³-hybridized carbons (Fsp3) is 0.200. The Morgan fingerprint density at radius 1 is 0.667 bits per heavy atom. The van der Waals surface area contributed by atoms with Crippen molar-refractivity contribution in [1.29, 1.82) is 0 Å². The quantitative estimate of drug-likeness (QED) is 0.586. The zero-order valence-electron chi connectivity index (χ0n) is 16.5. The Kier molecular flexibility index (Phi) is 6.20. The summed E-state index contributed by atoms with van der Waals surface area (Å²) in [5.74, 6) is -0.828. The summed E-state index contributed by atoms with van der Waals surface area (Å²) < 4.78 is 11.5. The van der Waals surface area contributed by atoms with Crippen LogP contribution in [0.4, 0.5) is 0 Å². The van der Waals surface area contributed by atoms with E-state index in [0.717, 1.165) is 5.56 Å². The molecule has 1 saturated heterocycles. The van der Waals surface area contributed by atoms with Crippen molar-refractivity contribution in [3.8, 4) is 0 Å². The molecule has 1 heterocycles. The Labute approximate surface area is 175 Å². The molecule has 0 aromatic heterocycles. The zero-order valence-corrected chi connectivity index (χ0v) is 16.5. The highest BCUT2D eigenvalue weighted by molar-refractivity contribution is 5.90. The highest BCUT2D eigenvalue weighted by Crippen LogP contribution is 2.22. The summed E-state index contributed by atoms with van der Waals surface area (Å²) in [6.45, 7) is 1.69. The van der Waals surface area contributed by atoms with Gasteiger partial charge in [0, 0.05) is 19.6 Å². The van der Waals surface area contributed by atoms with E-state index >= 15 is 0 Å². The molecule has 4 rings (SSSR count). The van der Waals surface area contributed by atoms with Crippen LogP contribution in [0.2, 0.25) is 0 Å². The average molecular weight is 401 g/mol. The number of benzene rings is 3. The Morgan fingerprint density at radius 2 is 1.07 bits per heavy atom. The first-order valence-corrected chi connectivity index (χ1v) is 9.97. The van der Waals surface area contributed by atoms with Gasteiger partial charge in [-0.25, -0.2) is 9.59 Å². The van der Waals surface area contributed by atoms with Crippen molar-refractivity contribution in [3.05, 3.63) is 108 Å². The Bertz CT molecular complexity index is 914. The van der Waals surface area contributed by atoms with Crippen molar-refractivity contribution < 1.29 is 19.1 Å². The molecule has 0 unspecified atom stereocenters. The molecule has 2 atom stereocenters. The third-order valence-corrected chi connectivity index (χ3v) is 5.08. The maximum absolute atomic E-state index is 12.6. The Balaban J connectivity index is 1.48. The van der Waals surface area contributed by atoms with E-state index in [0.29, 0.717) is 30.8 Å². The molecule has 5 nitrogen and oxygen atoms in total. The van der Waals surface area contributed by atoms with Gasteiger partial charge in [0.1, 0.15) is 0 Å². The van der Waals surface area contributed by atoms with Gasteiger partial charge < -0.3 is 9.47 Å². The number of ether oxygens (including phenoxy) is 2. The van der Waals surface area contributed by atoms with Gasteiger partial charge in [-0.1, -0.05) is 66.7 Å². The van der Waals surface area contributed by atoms with E-state index in [1.807, 2.05) is 42.5 Å². The van der Waals surface area contributed by atoms with Gasteiger partial charge in [-0.3, -0.25) is 4.90 Å². The van der Waals surface area contributed by atoms with E-state index in [9.17, 15) is 9.59 Å². The molecule has 0 amide bonds. The lowest BCUT2D eigenvalue weighted by Crippen LogP contribution is -2.34. The first kappa shape index (κ1) is 19.9. The molecule has 0 bridgehead atoms. The highest BCUT2D eigenvalue weighted by Gasteiger charge is 2.38. The largest absolute Gasteiger partial charge is 0.453 e. The SMILES string of the molecule is O=C(O[C@@H]1CN(Cc2ccccc2)C[C@H]1OC(=O)c1ccccc1)c1ccccc1. The molecule has 5 heteroatoms. The van der Waals surface area contributed by atoms with Crippen molar-refractivity contribution in [2.45, 2.75) is 18.8 Å². The summed E-state index contributed by atoms with van der Waals surface area (Å²) in [7, 11) is 0. The summed E-state index contributed by atoms with van der Waals surface area (Å²) >= 11 is 0. The molecular weight excluding hydrogens is 378 g/mol. The molecule has 1 fully saturated rings. The molecule has 30 heavy (non-hydrogen) atoms. The number of rotatable bonds is 6. The predicted octanol–water partition coefficient (Wildman–Crippen LogP) is 3.95. The smallest absolute Gasteiger partial charge is 0.338 e. The second kappa shape index (κ2) is 9.37. The maximum Gasteiger partial charge on any atom is 0.338 e. The number of nitrogens with zero attached hydrogens (tertiary/aromatic N) is 1. The minimum Gasteiger partial charge on any atom is -0.453 e. The standard InChI is InChI=1S/C25H23NO4/c27-24(20-12-6-2-7-13-20)29-22-17-26(16-19-10-4-1-5-11-19)18-23(22)30-25(28)21-14-8-3-9-15-21/h1-15,22-23H,16-18H2/t22-,23-/m1/s1. The van der Waals surface area contributed by atoms with Crippen LogP contribution < -0.4 is 0 Å². The van der Waals surface area contributed by atoms with E-state index in [2.05, 4.69) is 4.90 Å². The van der Waals surface area contributed by atoms with Gasteiger partial charge in [-0.2, -0.15) is 0 Å². The molecule has 3 aromatic rings. The summed E-state index contributed by atoms with van der Waals surface area (Å²) in [5, 5.41) is 0. The van der Waals surface area contributed by atoms with Crippen LogP contribution in [-0.2, 0) is 16.0 Å². The van der Waals surface area contributed by atoms with Crippen LogP contribution in [0.3, 0.4) is 0 Å². The van der Waals surface area contributed by atoms with Gasteiger partial charge in [0.15, 0.2) is 12.2 Å². The lowest BCUT2D eigenvalue weighted by molar-refractivity contribution is -0.0176. The molecule has 1 aliphatic rings. The minimum absolute atomic E-state index is 0.414. The van der Waals surface area contributed by atoms with Crippen LogP contribution in [0.5, 0.6) is 0 Å². The van der Waals surface area contributed by atoms with Gasteiger partial charge in [0.2, 0.25) is 0 Å². The number of carbonyl (C=O) groups is 2. The summed E-state index contributed by atoms with van der Waals surface area (Å²) in [5.41, 5.74) is 2.11. The first-order chi connectivity index (χ1) is 14.7. The molecule has 0 saturated carbocycles. The zero-order chi connectivity index (χ0) is 20.8. The van der Waals surface area contributed by atoms with E-state index < -0.39 is 24.1 Å². The normalized spacial score (nSPS) is 18.7. The topological polar surface area (TPSA) is 55.8 Å². The molecular formula is C25H23NO4. The predicted molar refractivity (Wildman–Crippen MR) is 113 cm³/mol. The molecule has 0 radical (unpaired) electrons. The summed E-state index contributed by atoms with van der Waals surface area (Å²) in [4.78, 5) is 27.3. The van der Waals surface area contributed by atoms with Gasteiger partial charge in [0.05, 0.1) is 11.1 Å². The van der Waals surface area contributed by atoms with Crippen molar-refractivity contribution in [2.24, 2.45) is 0 Å². The van der Waals surface area contributed by atoms with E-state index in [1.54, 1.807) is 48.5 Å². The van der Waals surface area contributed by atoms with Crippen LogP contribution >= 0.6 is 0 Å². The number of hydrogen-bond acceptors (Lipinski definition) is 5. The van der Waals surface area contributed by atoms with E-state index in [4.69, 9.17) is 9.47 Å². The second-order valence-electron chi connectivity index (χ2n) is 7.30. The second-order valence-corrected chi connectivity index (χ2v) is 7.30. The maximum atomic E-state index is 12.6. The third kappa shape index (κ3) is 4.93. The summed E-state index contributed by atoms with van der Waals surface area (Å²) in [6, 6.07) is 27.8. The van der Waals surface area contributed by atoms with Crippen molar-refractivity contribution >= 4 is 11.9 Å². The molecule has 3 aromatic carbocycles. The van der Waals surface area contributed by atoms with Crippen LogP contribution in [0.1, 0.15) is 26.3 Å².